The maximum Gasteiger partial charge on any atom is 0.119 e. The third kappa shape index (κ3) is 3.47. The fourth-order valence-electron chi connectivity index (χ4n) is 2.18. The summed E-state index contributed by atoms with van der Waals surface area (Å²) >= 11 is 0. The highest BCUT2D eigenvalue weighted by Gasteiger charge is 2.22. The monoisotopic (exact) mass is 248 g/mol. The van der Waals surface area contributed by atoms with Gasteiger partial charge in [0.15, 0.2) is 0 Å². The fraction of sp³-hybridized carbons (Fsp3) is 0.600. The Hall–Kier alpha value is -1.06. The third-order valence-electron chi connectivity index (χ3n) is 3.46. The normalized spacial score (nSPS) is 15.7. The molecule has 0 unspecified atom stereocenters. The van der Waals surface area contributed by atoms with E-state index in [1.807, 2.05) is 0 Å². The molecule has 1 saturated heterocycles. The van der Waals surface area contributed by atoms with Crippen LogP contribution in [0, 0.1) is 0 Å². The fourth-order valence-corrected chi connectivity index (χ4v) is 2.18. The van der Waals surface area contributed by atoms with Gasteiger partial charge in [-0.05, 0) is 30.7 Å². The zero-order chi connectivity index (χ0) is 12.8. The molecule has 0 amide bonds. The van der Waals surface area contributed by atoms with Crippen molar-refractivity contribution in [2.24, 2.45) is 0 Å². The highest BCUT2D eigenvalue weighted by atomic mass is 16.5. The number of nitrogens with zero attached hydrogens (tertiary/aromatic N) is 1. The van der Waals surface area contributed by atoms with Crippen LogP contribution in [0.2, 0.25) is 0 Å². The Balaban J connectivity index is 1.88. The number of hydrogen-bond donors (Lipinski definition) is 1. The molecule has 100 valence electrons. The van der Waals surface area contributed by atoms with Crippen molar-refractivity contribution in [1.82, 2.24) is 10.2 Å². The first-order valence-corrected chi connectivity index (χ1v) is 7.00. The van der Waals surface area contributed by atoms with Crippen LogP contribution in [0.5, 0.6) is 5.75 Å². The van der Waals surface area contributed by atoms with Crippen molar-refractivity contribution in [3.63, 3.8) is 0 Å². The molecule has 3 nitrogen and oxygen atoms in total. The van der Waals surface area contributed by atoms with E-state index < -0.39 is 0 Å². The van der Waals surface area contributed by atoms with E-state index in [9.17, 15) is 0 Å². The number of hydrogen-bond acceptors (Lipinski definition) is 3. The molecule has 1 fully saturated rings. The van der Waals surface area contributed by atoms with Crippen LogP contribution in [0.25, 0.3) is 0 Å². The Bertz CT molecular complexity index is 346. The van der Waals surface area contributed by atoms with E-state index in [1.165, 1.54) is 5.56 Å². The zero-order valence-electron chi connectivity index (χ0n) is 11.5. The van der Waals surface area contributed by atoms with Gasteiger partial charge in [-0.15, -0.1) is 0 Å². The molecule has 1 heterocycles. The molecular weight excluding hydrogens is 224 g/mol. The second-order valence-electron chi connectivity index (χ2n) is 4.87. The summed E-state index contributed by atoms with van der Waals surface area (Å²) in [4.78, 5) is 2.53. The second kappa shape index (κ2) is 6.76. The van der Waals surface area contributed by atoms with Crippen molar-refractivity contribution in [2.45, 2.75) is 32.9 Å². The number of likely N-dealkylation sites (N-methyl/N-ethyl adjacent to an activating group) is 1. The molecule has 1 aliphatic heterocycles. The van der Waals surface area contributed by atoms with E-state index in [1.54, 1.807) is 0 Å². The summed E-state index contributed by atoms with van der Waals surface area (Å²) in [6.07, 6.45) is 1.06. The summed E-state index contributed by atoms with van der Waals surface area (Å²) in [5.74, 6) is 0.981. The van der Waals surface area contributed by atoms with Crippen LogP contribution >= 0.6 is 0 Å². The molecule has 0 saturated carbocycles. The molecule has 0 aliphatic carbocycles. The Labute approximate surface area is 110 Å². The molecule has 18 heavy (non-hydrogen) atoms. The Morgan fingerprint density at radius 1 is 1.22 bits per heavy atom. The first kappa shape index (κ1) is 13.4. The van der Waals surface area contributed by atoms with Crippen LogP contribution < -0.4 is 10.1 Å². The molecule has 0 bridgehead atoms. The molecule has 0 spiro atoms. The minimum absolute atomic E-state index is 0.714. The highest BCUT2D eigenvalue weighted by molar-refractivity contribution is 5.27. The minimum Gasteiger partial charge on any atom is -0.494 e. The van der Waals surface area contributed by atoms with Crippen molar-refractivity contribution in [3.05, 3.63) is 29.8 Å². The zero-order valence-corrected chi connectivity index (χ0v) is 11.5. The predicted molar refractivity (Wildman–Crippen MR) is 75.0 cm³/mol. The van der Waals surface area contributed by atoms with E-state index in [4.69, 9.17) is 4.74 Å². The molecule has 0 radical (unpaired) electrons. The van der Waals surface area contributed by atoms with Gasteiger partial charge in [0.1, 0.15) is 5.75 Å². The van der Waals surface area contributed by atoms with Crippen molar-refractivity contribution in [1.29, 1.82) is 0 Å². The minimum atomic E-state index is 0.714. The Morgan fingerprint density at radius 3 is 2.44 bits per heavy atom. The summed E-state index contributed by atoms with van der Waals surface area (Å²) in [6, 6.07) is 9.24. The second-order valence-corrected chi connectivity index (χ2v) is 4.87. The first-order valence-electron chi connectivity index (χ1n) is 7.00. The van der Waals surface area contributed by atoms with E-state index in [2.05, 4.69) is 48.3 Å². The first-order chi connectivity index (χ1) is 8.83. The SMILES string of the molecule is CCCOc1ccc(CN(CC)C2CNC2)cc1. The summed E-state index contributed by atoms with van der Waals surface area (Å²) in [6.45, 7) is 9.57. The van der Waals surface area contributed by atoms with Gasteiger partial charge in [-0.1, -0.05) is 26.0 Å². The summed E-state index contributed by atoms with van der Waals surface area (Å²) in [7, 11) is 0. The van der Waals surface area contributed by atoms with Crippen LogP contribution in [0.4, 0.5) is 0 Å². The van der Waals surface area contributed by atoms with E-state index in [0.29, 0.717) is 6.04 Å². The van der Waals surface area contributed by atoms with Crippen LogP contribution in [-0.4, -0.2) is 37.2 Å². The van der Waals surface area contributed by atoms with Gasteiger partial charge in [0.2, 0.25) is 0 Å². The maximum absolute atomic E-state index is 5.60. The topological polar surface area (TPSA) is 24.5 Å². The molecule has 1 aromatic rings. The van der Waals surface area contributed by atoms with Gasteiger partial charge < -0.3 is 10.1 Å². The summed E-state index contributed by atoms with van der Waals surface area (Å²) in [5.41, 5.74) is 1.37. The van der Waals surface area contributed by atoms with E-state index in [-0.39, 0.29) is 0 Å². The van der Waals surface area contributed by atoms with Gasteiger partial charge in [-0.3, -0.25) is 4.90 Å². The molecule has 1 aliphatic rings. The number of benzene rings is 1. The van der Waals surface area contributed by atoms with E-state index >= 15 is 0 Å². The molecule has 1 aromatic carbocycles. The highest BCUT2D eigenvalue weighted by Crippen LogP contribution is 2.16. The Morgan fingerprint density at radius 2 is 1.94 bits per heavy atom. The lowest BCUT2D eigenvalue weighted by Crippen LogP contribution is -2.56. The standard InChI is InChI=1S/C15H24N2O/c1-3-9-18-15-7-5-13(6-8-15)12-17(4-2)14-10-16-11-14/h5-8,14,16H,3-4,9-12H2,1-2H3. The largest absolute Gasteiger partial charge is 0.494 e. The van der Waals surface area contributed by atoms with Crippen LogP contribution in [0.3, 0.4) is 0 Å². The molecular formula is C15H24N2O. The number of nitrogens with one attached hydrogen (secondary N) is 1. The van der Waals surface area contributed by atoms with Crippen molar-refractivity contribution >= 4 is 0 Å². The molecule has 2 rings (SSSR count). The summed E-state index contributed by atoms with van der Waals surface area (Å²) in [5, 5.41) is 3.33. The average molecular weight is 248 g/mol. The van der Waals surface area contributed by atoms with Gasteiger partial charge in [0, 0.05) is 25.7 Å². The van der Waals surface area contributed by atoms with Crippen LogP contribution in [-0.2, 0) is 6.54 Å². The molecule has 0 atom stereocenters. The van der Waals surface area contributed by atoms with Gasteiger partial charge in [-0.2, -0.15) is 0 Å². The van der Waals surface area contributed by atoms with Crippen LogP contribution in [0.15, 0.2) is 24.3 Å². The number of rotatable bonds is 7. The van der Waals surface area contributed by atoms with Crippen molar-refractivity contribution in [3.8, 4) is 5.75 Å². The molecule has 0 aromatic heterocycles. The average Bonchev–Trinajstić information content (AvgIpc) is 2.35. The van der Waals surface area contributed by atoms with Crippen molar-refractivity contribution in [2.75, 3.05) is 26.2 Å². The quantitative estimate of drug-likeness (QED) is 0.801. The number of ether oxygens (including phenoxy) is 1. The molecule has 1 N–H and O–H groups in total. The summed E-state index contributed by atoms with van der Waals surface area (Å²) < 4.78 is 5.60. The van der Waals surface area contributed by atoms with Crippen molar-refractivity contribution < 1.29 is 4.74 Å². The predicted octanol–water partition coefficient (Wildman–Crippen LogP) is 2.27. The lowest BCUT2D eigenvalue weighted by molar-refractivity contribution is 0.145. The third-order valence-corrected chi connectivity index (χ3v) is 3.46. The lowest BCUT2D eigenvalue weighted by atomic mass is 10.1. The van der Waals surface area contributed by atoms with Gasteiger partial charge in [-0.25, -0.2) is 0 Å². The van der Waals surface area contributed by atoms with Gasteiger partial charge in [0.25, 0.3) is 0 Å². The van der Waals surface area contributed by atoms with Gasteiger partial charge >= 0.3 is 0 Å². The van der Waals surface area contributed by atoms with E-state index in [0.717, 1.165) is 45.0 Å². The van der Waals surface area contributed by atoms with Crippen LogP contribution in [0.1, 0.15) is 25.8 Å². The Kier molecular flexibility index (Phi) is 5.02. The lowest BCUT2D eigenvalue weighted by Gasteiger charge is -2.37. The molecule has 3 heteroatoms. The smallest absolute Gasteiger partial charge is 0.119 e. The maximum atomic E-state index is 5.60. The van der Waals surface area contributed by atoms with Gasteiger partial charge in [0.05, 0.1) is 6.61 Å².